The Morgan fingerprint density at radius 1 is 1.47 bits per heavy atom. The molecular formula is C13H17N3O3. The first-order valence-corrected chi connectivity index (χ1v) is 6.19. The lowest BCUT2D eigenvalue weighted by atomic mass is 9.77. The number of nitrogens with two attached hydrogens (primary N) is 2. The Morgan fingerprint density at radius 3 is 2.68 bits per heavy atom. The molecule has 2 rings (SSSR count). The van der Waals surface area contributed by atoms with Gasteiger partial charge >= 0.3 is 0 Å². The molecule has 2 atom stereocenters. The zero-order chi connectivity index (χ0) is 14.2. The molecule has 19 heavy (non-hydrogen) atoms. The summed E-state index contributed by atoms with van der Waals surface area (Å²) in [5.74, 6) is 0.979. The second-order valence-electron chi connectivity index (χ2n) is 4.55. The molecule has 2 unspecified atom stereocenters. The van der Waals surface area contributed by atoms with Crippen LogP contribution in [0.15, 0.2) is 28.7 Å². The van der Waals surface area contributed by atoms with Gasteiger partial charge in [0.15, 0.2) is 5.60 Å². The number of hydrogen-bond donors (Lipinski definition) is 3. The first-order valence-electron chi connectivity index (χ1n) is 6.19. The summed E-state index contributed by atoms with van der Waals surface area (Å²) < 4.78 is 5.67. The third-order valence-electron chi connectivity index (χ3n) is 3.66. The average molecular weight is 263 g/mol. The van der Waals surface area contributed by atoms with Crippen LogP contribution >= 0.6 is 0 Å². The van der Waals surface area contributed by atoms with Crippen LogP contribution in [0.25, 0.3) is 0 Å². The number of rotatable bonds is 3. The minimum absolute atomic E-state index is 0.165. The van der Waals surface area contributed by atoms with E-state index in [1.807, 2.05) is 12.9 Å². The number of carbonyl (C=O) groups excluding carboxylic acids is 2. The fraction of sp³-hybridized carbons (Fsp3) is 0.462. The molecule has 0 bridgehead atoms. The minimum atomic E-state index is -1.11. The summed E-state index contributed by atoms with van der Waals surface area (Å²) in [6.45, 7) is 3.99. The lowest BCUT2D eigenvalue weighted by molar-refractivity contribution is -0.145. The highest BCUT2D eigenvalue weighted by Crippen LogP contribution is 2.44. The first kappa shape index (κ1) is 13.4. The molecule has 0 spiro atoms. The van der Waals surface area contributed by atoms with Crippen LogP contribution in [-0.2, 0) is 14.3 Å². The van der Waals surface area contributed by atoms with Crippen molar-refractivity contribution >= 4 is 11.8 Å². The number of ether oxygens (including phenoxy) is 1. The summed E-state index contributed by atoms with van der Waals surface area (Å²) >= 11 is 0. The van der Waals surface area contributed by atoms with Crippen molar-refractivity contribution < 1.29 is 14.3 Å². The number of allylic oxidation sites excluding steroid dienone is 2. The normalized spacial score (nSPS) is 29.8. The van der Waals surface area contributed by atoms with Gasteiger partial charge in [0.25, 0.3) is 5.91 Å². The molecule has 1 saturated heterocycles. The second-order valence-corrected chi connectivity index (χ2v) is 4.55. The predicted molar refractivity (Wildman–Crippen MR) is 69.0 cm³/mol. The van der Waals surface area contributed by atoms with E-state index < -0.39 is 11.5 Å². The van der Waals surface area contributed by atoms with Crippen LogP contribution in [0.5, 0.6) is 0 Å². The van der Waals surface area contributed by atoms with E-state index in [0.29, 0.717) is 18.7 Å². The Bertz CT molecular complexity index is 543. The maximum Gasteiger partial charge on any atom is 0.257 e. The van der Waals surface area contributed by atoms with Gasteiger partial charge < -0.3 is 21.5 Å². The van der Waals surface area contributed by atoms with Crippen LogP contribution in [0.1, 0.15) is 20.3 Å². The largest absolute Gasteiger partial charge is 0.397 e. The van der Waals surface area contributed by atoms with E-state index in [2.05, 4.69) is 5.32 Å². The highest BCUT2D eigenvalue weighted by Gasteiger charge is 2.56. The summed E-state index contributed by atoms with van der Waals surface area (Å²) in [6.07, 6.45) is 2.00. The monoisotopic (exact) mass is 263 g/mol. The van der Waals surface area contributed by atoms with E-state index in [4.69, 9.17) is 16.2 Å². The van der Waals surface area contributed by atoms with Crippen LogP contribution in [-0.4, -0.2) is 24.1 Å². The van der Waals surface area contributed by atoms with E-state index in [0.717, 1.165) is 0 Å². The first-order chi connectivity index (χ1) is 9.01. The van der Waals surface area contributed by atoms with Gasteiger partial charge in [-0.3, -0.25) is 4.79 Å². The molecule has 102 valence electrons. The molecular weight excluding hydrogens is 246 g/mol. The standard InChI is InChI=1S/C13H17N3O3/c1-3-13(19-4-2)10-7(6-17)11(15)8(14)5-9(10)16-12(13)18/h5,10H,3-4,14-15H2,1-2H3,(H,16,18). The SMILES string of the molecule is CCOC1(CC)C(=O)NC2=CC(N)=C(N)C(=C=O)C21. The zero-order valence-electron chi connectivity index (χ0n) is 10.9. The Morgan fingerprint density at radius 2 is 2.16 bits per heavy atom. The van der Waals surface area contributed by atoms with Gasteiger partial charge in [-0.1, -0.05) is 6.92 Å². The average Bonchev–Trinajstić information content (AvgIpc) is 2.65. The van der Waals surface area contributed by atoms with Crippen molar-refractivity contribution in [1.82, 2.24) is 5.32 Å². The molecule has 2 aliphatic rings. The Hall–Kier alpha value is -2.04. The zero-order valence-corrected chi connectivity index (χ0v) is 10.9. The molecule has 1 aliphatic heterocycles. The Balaban J connectivity index is 2.61. The lowest BCUT2D eigenvalue weighted by Crippen LogP contribution is -2.46. The number of nitrogens with one attached hydrogen (secondary N) is 1. The summed E-state index contributed by atoms with van der Waals surface area (Å²) in [5.41, 5.74) is 11.6. The third kappa shape index (κ3) is 1.69. The molecule has 0 radical (unpaired) electrons. The molecule has 6 nitrogen and oxygen atoms in total. The van der Waals surface area contributed by atoms with Crippen LogP contribution in [0, 0.1) is 5.92 Å². The molecule has 0 aromatic heterocycles. The van der Waals surface area contributed by atoms with E-state index in [9.17, 15) is 9.59 Å². The molecule has 6 heteroatoms. The summed E-state index contributed by atoms with van der Waals surface area (Å²) in [5, 5.41) is 2.73. The van der Waals surface area contributed by atoms with Crippen molar-refractivity contribution in [3.05, 3.63) is 28.7 Å². The van der Waals surface area contributed by atoms with Crippen molar-refractivity contribution in [1.29, 1.82) is 0 Å². The molecule has 1 heterocycles. The Labute approximate surface area is 111 Å². The van der Waals surface area contributed by atoms with Gasteiger partial charge in [0.1, 0.15) is 5.94 Å². The highest BCUT2D eigenvalue weighted by molar-refractivity contribution is 5.94. The number of amides is 1. The molecule has 5 N–H and O–H groups in total. The number of fused-ring (bicyclic) bond motifs is 1. The van der Waals surface area contributed by atoms with Crippen LogP contribution in [0.2, 0.25) is 0 Å². The van der Waals surface area contributed by atoms with Crippen LogP contribution in [0.3, 0.4) is 0 Å². The van der Waals surface area contributed by atoms with Crippen molar-refractivity contribution in [3.8, 4) is 0 Å². The van der Waals surface area contributed by atoms with E-state index in [1.54, 1.807) is 13.0 Å². The van der Waals surface area contributed by atoms with Gasteiger partial charge in [0.05, 0.1) is 22.9 Å². The van der Waals surface area contributed by atoms with Gasteiger partial charge in [0.2, 0.25) is 0 Å². The van der Waals surface area contributed by atoms with Gasteiger partial charge in [-0.2, -0.15) is 0 Å². The van der Waals surface area contributed by atoms with Crippen molar-refractivity contribution in [2.45, 2.75) is 25.9 Å². The maximum absolute atomic E-state index is 12.2. The van der Waals surface area contributed by atoms with E-state index in [1.165, 1.54) is 0 Å². The number of hydrogen-bond acceptors (Lipinski definition) is 5. The van der Waals surface area contributed by atoms with Gasteiger partial charge in [0, 0.05) is 12.3 Å². The molecule has 1 amide bonds. The summed E-state index contributed by atoms with van der Waals surface area (Å²) in [4.78, 5) is 23.5. The van der Waals surface area contributed by atoms with Gasteiger partial charge in [-0.05, 0) is 19.4 Å². The third-order valence-corrected chi connectivity index (χ3v) is 3.66. The molecule has 0 saturated carbocycles. The van der Waals surface area contributed by atoms with Gasteiger partial charge in [-0.15, -0.1) is 0 Å². The molecule has 0 aromatic rings. The molecule has 1 aliphatic carbocycles. The second kappa shape index (κ2) is 4.57. The lowest BCUT2D eigenvalue weighted by Gasteiger charge is -2.33. The fourth-order valence-corrected chi connectivity index (χ4v) is 2.74. The van der Waals surface area contributed by atoms with Crippen molar-refractivity contribution in [2.24, 2.45) is 17.4 Å². The minimum Gasteiger partial charge on any atom is -0.397 e. The van der Waals surface area contributed by atoms with E-state index in [-0.39, 0.29) is 22.9 Å². The van der Waals surface area contributed by atoms with Crippen LogP contribution < -0.4 is 16.8 Å². The van der Waals surface area contributed by atoms with Crippen molar-refractivity contribution in [2.75, 3.05) is 6.61 Å². The maximum atomic E-state index is 12.2. The number of carbonyl (C=O) groups is 1. The quantitative estimate of drug-likeness (QED) is 0.606. The predicted octanol–water partition coefficient (Wildman–Crippen LogP) is -0.298. The topological polar surface area (TPSA) is 107 Å². The smallest absolute Gasteiger partial charge is 0.257 e. The van der Waals surface area contributed by atoms with Crippen molar-refractivity contribution in [3.63, 3.8) is 0 Å². The summed E-state index contributed by atoms with van der Waals surface area (Å²) in [6, 6.07) is 0. The van der Waals surface area contributed by atoms with E-state index >= 15 is 0 Å². The summed E-state index contributed by atoms with van der Waals surface area (Å²) in [7, 11) is 0. The van der Waals surface area contributed by atoms with Crippen LogP contribution in [0.4, 0.5) is 0 Å². The highest BCUT2D eigenvalue weighted by atomic mass is 16.5. The van der Waals surface area contributed by atoms with Gasteiger partial charge in [-0.25, -0.2) is 4.79 Å². The molecule has 1 fully saturated rings. The molecule has 0 aromatic carbocycles. The Kier molecular flexibility index (Phi) is 3.22. The fourth-order valence-electron chi connectivity index (χ4n) is 2.74.